The van der Waals surface area contributed by atoms with Crippen molar-refractivity contribution in [2.24, 2.45) is 0 Å². The van der Waals surface area contributed by atoms with E-state index in [-0.39, 0.29) is 12.6 Å². The lowest BCUT2D eigenvalue weighted by Gasteiger charge is -2.04. The fourth-order valence-corrected chi connectivity index (χ4v) is 2.85. The maximum absolute atomic E-state index is 11.9. The zero-order valence-electron chi connectivity index (χ0n) is 13.3. The van der Waals surface area contributed by atoms with Crippen LogP contribution in [0.5, 0.6) is 5.19 Å². The van der Waals surface area contributed by atoms with Gasteiger partial charge in [0.15, 0.2) is 5.01 Å². The minimum Gasteiger partial charge on any atom is -0.469 e. The van der Waals surface area contributed by atoms with Crippen molar-refractivity contribution in [2.75, 3.05) is 6.61 Å². The Kier molecular flexibility index (Phi) is 5.32. The molecule has 1 aromatic carbocycles. The molecule has 6 nitrogen and oxygen atoms in total. The summed E-state index contributed by atoms with van der Waals surface area (Å²) in [5.74, 6) is -0.267. The second-order valence-electron chi connectivity index (χ2n) is 5.09. The van der Waals surface area contributed by atoms with Gasteiger partial charge in [0.2, 0.25) is 0 Å². The van der Waals surface area contributed by atoms with E-state index in [0.29, 0.717) is 29.6 Å². The Morgan fingerprint density at radius 1 is 1.25 bits per heavy atom. The number of aromatic nitrogens is 3. The van der Waals surface area contributed by atoms with Crippen LogP contribution in [0.3, 0.4) is 0 Å². The normalized spacial score (nSPS) is 10.7. The minimum atomic E-state index is -0.267. The first kappa shape index (κ1) is 16.3. The Labute approximate surface area is 143 Å². The molecule has 3 rings (SSSR count). The molecule has 0 bridgehead atoms. The molecule has 0 saturated carbocycles. The number of carbonyl (C=O) groups excluding carboxylic acids is 1. The zero-order chi connectivity index (χ0) is 16.8. The summed E-state index contributed by atoms with van der Waals surface area (Å²) < 4.78 is 10.5. The van der Waals surface area contributed by atoms with Crippen LogP contribution in [0.25, 0.3) is 10.9 Å². The Bertz CT molecular complexity index is 835. The summed E-state index contributed by atoms with van der Waals surface area (Å²) in [5.41, 5.74) is 1.96. The van der Waals surface area contributed by atoms with E-state index in [2.05, 4.69) is 21.2 Å². The predicted octanol–water partition coefficient (Wildman–Crippen LogP) is 3.16. The van der Waals surface area contributed by atoms with E-state index >= 15 is 0 Å². The van der Waals surface area contributed by atoms with Gasteiger partial charge in [-0.3, -0.25) is 9.78 Å². The van der Waals surface area contributed by atoms with Crippen molar-refractivity contribution in [3.8, 4) is 5.19 Å². The molecule has 0 aliphatic rings. The molecule has 7 heteroatoms. The highest BCUT2D eigenvalue weighted by Gasteiger charge is 2.09. The molecule has 124 valence electrons. The fraction of sp³-hybridized carbons (Fsp3) is 0.294. The van der Waals surface area contributed by atoms with Gasteiger partial charge in [-0.1, -0.05) is 34.6 Å². The number of hydrogen-bond donors (Lipinski definition) is 0. The maximum Gasteiger partial charge on any atom is 0.306 e. The Morgan fingerprint density at radius 3 is 3.00 bits per heavy atom. The van der Waals surface area contributed by atoms with Gasteiger partial charge in [0.05, 0.1) is 12.1 Å². The van der Waals surface area contributed by atoms with Gasteiger partial charge < -0.3 is 9.47 Å². The number of aryl methyl sites for hydroxylation is 1. The highest BCUT2D eigenvalue weighted by Crippen LogP contribution is 2.18. The molecule has 0 atom stereocenters. The van der Waals surface area contributed by atoms with E-state index < -0.39 is 0 Å². The van der Waals surface area contributed by atoms with Crippen LogP contribution in [0.15, 0.2) is 36.5 Å². The molecule has 0 unspecified atom stereocenters. The van der Waals surface area contributed by atoms with Crippen molar-refractivity contribution < 1.29 is 14.3 Å². The summed E-state index contributed by atoms with van der Waals surface area (Å²) in [4.78, 5) is 16.3. The number of fused-ring (bicyclic) bond motifs is 1. The Hall–Kier alpha value is -2.54. The number of rotatable bonds is 7. The van der Waals surface area contributed by atoms with Crippen molar-refractivity contribution in [1.82, 2.24) is 15.2 Å². The van der Waals surface area contributed by atoms with Crippen molar-refractivity contribution in [3.63, 3.8) is 0 Å². The standard InChI is InChI=1S/C17H17N3O3S/c1-2-22-17-20-19-15(24-17)11-23-16(21)8-7-12-9-13-5-3-4-6-14(13)18-10-12/h3-6,9-10H,2,7-8,11H2,1H3. The van der Waals surface area contributed by atoms with Crippen LogP contribution >= 0.6 is 11.3 Å². The highest BCUT2D eigenvalue weighted by atomic mass is 32.1. The molecule has 0 aliphatic heterocycles. The number of esters is 1. The third-order valence-corrected chi connectivity index (χ3v) is 4.15. The minimum absolute atomic E-state index is 0.125. The van der Waals surface area contributed by atoms with E-state index in [9.17, 15) is 4.79 Å². The number of carbonyl (C=O) groups is 1. The van der Waals surface area contributed by atoms with Crippen molar-refractivity contribution in [1.29, 1.82) is 0 Å². The first-order valence-corrected chi connectivity index (χ1v) is 8.50. The first-order valence-electron chi connectivity index (χ1n) is 7.69. The SMILES string of the molecule is CCOc1nnc(COC(=O)CCc2cnc3ccccc3c2)s1. The molecule has 0 spiro atoms. The lowest BCUT2D eigenvalue weighted by atomic mass is 10.1. The average Bonchev–Trinajstić information content (AvgIpc) is 3.06. The molecule has 2 heterocycles. The Balaban J connectivity index is 1.49. The summed E-state index contributed by atoms with van der Waals surface area (Å²) >= 11 is 1.28. The molecule has 0 N–H and O–H groups in total. The molecule has 0 amide bonds. The number of para-hydroxylation sites is 1. The molecule has 0 fully saturated rings. The van der Waals surface area contributed by atoms with Gasteiger partial charge in [-0.15, -0.1) is 5.10 Å². The summed E-state index contributed by atoms with van der Waals surface area (Å²) in [6, 6.07) is 9.95. The second-order valence-corrected chi connectivity index (χ2v) is 6.12. The van der Waals surface area contributed by atoms with Crippen LogP contribution in [0.2, 0.25) is 0 Å². The maximum atomic E-state index is 11.9. The third kappa shape index (κ3) is 4.26. The van der Waals surface area contributed by atoms with E-state index in [1.54, 1.807) is 6.20 Å². The molecule has 0 radical (unpaired) electrons. The van der Waals surface area contributed by atoms with Crippen LogP contribution in [0, 0.1) is 0 Å². The smallest absolute Gasteiger partial charge is 0.306 e. The molecular weight excluding hydrogens is 326 g/mol. The molecule has 2 aromatic heterocycles. The quantitative estimate of drug-likeness (QED) is 0.614. The second kappa shape index (κ2) is 7.83. The van der Waals surface area contributed by atoms with Crippen LogP contribution in [-0.4, -0.2) is 27.8 Å². The highest BCUT2D eigenvalue weighted by molar-refractivity contribution is 7.13. The van der Waals surface area contributed by atoms with E-state index in [0.717, 1.165) is 16.5 Å². The molecule has 24 heavy (non-hydrogen) atoms. The molecule has 0 saturated heterocycles. The Morgan fingerprint density at radius 2 is 2.12 bits per heavy atom. The van der Waals surface area contributed by atoms with Gasteiger partial charge in [0.25, 0.3) is 5.19 Å². The van der Waals surface area contributed by atoms with Gasteiger partial charge in [0, 0.05) is 18.0 Å². The average molecular weight is 343 g/mol. The van der Waals surface area contributed by atoms with E-state index in [1.807, 2.05) is 31.2 Å². The zero-order valence-corrected chi connectivity index (χ0v) is 14.1. The summed E-state index contributed by atoms with van der Waals surface area (Å²) in [7, 11) is 0. The topological polar surface area (TPSA) is 74.2 Å². The lowest BCUT2D eigenvalue weighted by Crippen LogP contribution is -2.06. The van der Waals surface area contributed by atoms with E-state index in [1.165, 1.54) is 11.3 Å². The molecule has 3 aromatic rings. The van der Waals surface area contributed by atoms with Crippen molar-refractivity contribution in [2.45, 2.75) is 26.4 Å². The number of nitrogens with zero attached hydrogens (tertiary/aromatic N) is 3. The van der Waals surface area contributed by atoms with Gasteiger partial charge in [0.1, 0.15) is 6.61 Å². The van der Waals surface area contributed by atoms with Crippen LogP contribution < -0.4 is 4.74 Å². The number of ether oxygens (including phenoxy) is 2. The van der Waals surface area contributed by atoms with Gasteiger partial charge in [-0.25, -0.2) is 0 Å². The van der Waals surface area contributed by atoms with Crippen molar-refractivity contribution in [3.05, 3.63) is 47.1 Å². The van der Waals surface area contributed by atoms with Crippen LogP contribution in [0.1, 0.15) is 23.9 Å². The predicted molar refractivity (Wildman–Crippen MR) is 90.9 cm³/mol. The summed E-state index contributed by atoms with van der Waals surface area (Å²) in [6.07, 6.45) is 2.70. The fourth-order valence-electron chi connectivity index (χ4n) is 2.19. The third-order valence-electron chi connectivity index (χ3n) is 3.34. The largest absolute Gasteiger partial charge is 0.469 e. The summed E-state index contributed by atoms with van der Waals surface area (Å²) in [5, 5.41) is 9.95. The van der Waals surface area contributed by atoms with Crippen LogP contribution in [-0.2, 0) is 22.6 Å². The first-order chi connectivity index (χ1) is 11.7. The van der Waals surface area contributed by atoms with Gasteiger partial charge in [-0.05, 0) is 31.0 Å². The van der Waals surface area contributed by atoms with Gasteiger partial charge in [-0.2, -0.15) is 0 Å². The molecular formula is C17H17N3O3S. The lowest BCUT2D eigenvalue weighted by molar-refractivity contribution is -0.144. The number of hydrogen-bond acceptors (Lipinski definition) is 7. The number of benzene rings is 1. The van der Waals surface area contributed by atoms with Gasteiger partial charge >= 0.3 is 5.97 Å². The number of pyridine rings is 1. The van der Waals surface area contributed by atoms with E-state index in [4.69, 9.17) is 9.47 Å². The monoisotopic (exact) mass is 343 g/mol. The summed E-state index contributed by atoms with van der Waals surface area (Å²) in [6.45, 7) is 2.54. The van der Waals surface area contributed by atoms with Crippen molar-refractivity contribution >= 4 is 28.2 Å². The van der Waals surface area contributed by atoms with Crippen LogP contribution in [0.4, 0.5) is 0 Å². The molecule has 0 aliphatic carbocycles.